The second kappa shape index (κ2) is 6.71. The van der Waals surface area contributed by atoms with Crippen molar-refractivity contribution in [1.82, 2.24) is 14.9 Å². The third-order valence-electron chi connectivity index (χ3n) is 3.16. The molecule has 3 nitrogen and oxygen atoms in total. The number of hydrogen-bond acceptors (Lipinski definition) is 3. The number of aryl methyl sites for hydroxylation is 2. The third kappa shape index (κ3) is 3.68. The van der Waals surface area contributed by atoms with Gasteiger partial charge in [-0.15, -0.1) is 11.3 Å². The maximum Gasteiger partial charge on any atom is 0.108 e. The molecule has 2 rings (SSSR count). The quantitative estimate of drug-likeness (QED) is 0.832. The van der Waals surface area contributed by atoms with E-state index in [-0.39, 0.29) is 0 Å². The minimum Gasteiger partial charge on any atom is -0.338 e. The molecule has 0 aliphatic heterocycles. The summed E-state index contributed by atoms with van der Waals surface area (Å²) >= 11 is 1.84. The van der Waals surface area contributed by atoms with Gasteiger partial charge in [-0.1, -0.05) is 13.0 Å². The molecule has 98 valence electrons. The van der Waals surface area contributed by atoms with E-state index in [1.165, 1.54) is 10.7 Å². The van der Waals surface area contributed by atoms with Crippen molar-refractivity contribution in [3.05, 3.63) is 40.6 Å². The highest BCUT2D eigenvalue weighted by Crippen LogP contribution is 2.14. The molecular formula is C14H21N3S. The lowest BCUT2D eigenvalue weighted by molar-refractivity contribution is 0.486. The predicted molar refractivity (Wildman–Crippen MR) is 77.0 cm³/mol. The highest BCUT2D eigenvalue weighted by molar-refractivity contribution is 7.09. The Morgan fingerprint density at radius 2 is 2.39 bits per heavy atom. The molecule has 2 aromatic rings. The normalized spacial score (nSPS) is 12.8. The molecular weight excluding hydrogens is 242 g/mol. The summed E-state index contributed by atoms with van der Waals surface area (Å²) in [6.45, 7) is 3.19. The Labute approximate surface area is 113 Å². The molecule has 0 saturated heterocycles. The van der Waals surface area contributed by atoms with Crippen molar-refractivity contribution >= 4 is 11.3 Å². The van der Waals surface area contributed by atoms with Gasteiger partial charge in [0.15, 0.2) is 0 Å². The molecule has 0 radical (unpaired) electrons. The van der Waals surface area contributed by atoms with Crippen molar-refractivity contribution in [3.63, 3.8) is 0 Å². The maximum atomic E-state index is 4.38. The van der Waals surface area contributed by atoms with Crippen LogP contribution in [0.25, 0.3) is 0 Å². The molecule has 0 aromatic carbocycles. The molecule has 0 aliphatic carbocycles. The molecule has 0 aliphatic rings. The molecule has 0 bridgehead atoms. The number of rotatable bonds is 7. The highest BCUT2D eigenvalue weighted by Gasteiger charge is 2.10. The minimum atomic E-state index is 0.547. The van der Waals surface area contributed by atoms with Gasteiger partial charge in [0.2, 0.25) is 0 Å². The third-order valence-corrected chi connectivity index (χ3v) is 4.06. The average molecular weight is 263 g/mol. The largest absolute Gasteiger partial charge is 0.338 e. The van der Waals surface area contributed by atoms with Crippen LogP contribution in [0.4, 0.5) is 0 Å². The van der Waals surface area contributed by atoms with Crippen LogP contribution in [0.5, 0.6) is 0 Å². The van der Waals surface area contributed by atoms with Gasteiger partial charge in [-0.3, -0.25) is 0 Å². The van der Waals surface area contributed by atoms with Crippen molar-refractivity contribution < 1.29 is 0 Å². The number of hydrogen-bond donors (Lipinski definition) is 1. The zero-order valence-corrected chi connectivity index (χ0v) is 11.9. The van der Waals surface area contributed by atoms with Crippen molar-refractivity contribution in [3.8, 4) is 0 Å². The molecule has 4 heteroatoms. The summed E-state index contributed by atoms with van der Waals surface area (Å²) in [5.74, 6) is 1.17. The fourth-order valence-electron chi connectivity index (χ4n) is 2.18. The molecule has 0 spiro atoms. The second-order valence-electron chi connectivity index (χ2n) is 4.53. The lowest BCUT2D eigenvalue weighted by atomic mass is 10.1. The van der Waals surface area contributed by atoms with Crippen LogP contribution in [0, 0.1) is 0 Å². The van der Waals surface area contributed by atoms with Crippen LogP contribution in [-0.4, -0.2) is 22.1 Å². The lowest BCUT2D eigenvalue weighted by Crippen LogP contribution is -2.31. The summed E-state index contributed by atoms with van der Waals surface area (Å²) < 4.78 is 2.11. The topological polar surface area (TPSA) is 29.9 Å². The van der Waals surface area contributed by atoms with Crippen molar-refractivity contribution in [2.24, 2.45) is 7.05 Å². The van der Waals surface area contributed by atoms with Gasteiger partial charge in [-0.05, 0) is 30.8 Å². The first kappa shape index (κ1) is 13.3. The molecule has 2 heterocycles. The van der Waals surface area contributed by atoms with Crippen LogP contribution < -0.4 is 5.32 Å². The molecule has 0 fully saturated rings. The van der Waals surface area contributed by atoms with E-state index in [1.54, 1.807) is 0 Å². The van der Waals surface area contributed by atoms with Gasteiger partial charge in [0.1, 0.15) is 5.82 Å². The SMILES string of the molecule is CCNC(CCc1nccn1C)Cc1cccs1. The van der Waals surface area contributed by atoms with E-state index in [9.17, 15) is 0 Å². The highest BCUT2D eigenvalue weighted by atomic mass is 32.1. The molecule has 1 N–H and O–H groups in total. The Bertz CT molecular complexity index is 447. The first-order valence-electron chi connectivity index (χ1n) is 6.51. The average Bonchev–Trinajstić information content (AvgIpc) is 2.98. The van der Waals surface area contributed by atoms with Gasteiger partial charge in [-0.25, -0.2) is 4.98 Å². The Balaban J connectivity index is 1.88. The molecule has 0 amide bonds. The molecule has 0 saturated carbocycles. The first-order valence-corrected chi connectivity index (χ1v) is 7.39. The van der Waals surface area contributed by atoms with Gasteiger partial charge >= 0.3 is 0 Å². The van der Waals surface area contributed by atoms with Crippen LogP contribution in [0.15, 0.2) is 29.9 Å². The summed E-state index contributed by atoms with van der Waals surface area (Å²) in [7, 11) is 2.06. The number of imidazole rings is 1. The van der Waals surface area contributed by atoms with Crippen LogP contribution in [0.1, 0.15) is 24.0 Å². The van der Waals surface area contributed by atoms with Gasteiger partial charge < -0.3 is 9.88 Å². The fraction of sp³-hybridized carbons (Fsp3) is 0.500. The number of nitrogens with zero attached hydrogens (tertiary/aromatic N) is 2. The lowest BCUT2D eigenvalue weighted by Gasteiger charge is -2.16. The van der Waals surface area contributed by atoms with E-state index in [4.69, 9.17) is 0 Å². The van der Waals surface area contributed by atoms with E-state index in [1.807, 2.05) is 23.7 Å². The first-order chi connectivity index (χ1) is 8.79. The standard InChI is InChI=1S/C14H21N3S/c1-3-15-12(11-13-5-4-10-18-13)6-7-14-16-8-9-17(14)2/h4-5,8-10,12,15H,3,6-7,11H2,1-2H3. The number of nitrogens with one attached hydrogen (secondary N) is 1. The van der Waals surface area contributed by atoms with E-state index in [2.05, 4.69) is 46.4 Å². The zero-order chi connectivity index (χ0) is 12.8. The smallest absolute Gasteiger partial charge is 0.108 e. The van der Waals surface area contributed by atoms with E-state index in [0.717, 1.165) is 25.8 Å². The summed E-state index contributed by atoms with van der Waals surface area (Å²) in [6.07, 6.45) is 7.17. The zero-order valence-electron chi connectivity index (χ0n) is 11.1. The van der Waals surface area contributed by atoms with Crippen LogP contribution in [-0.2, 0) is 19.9 Å². The molecule has 18 heavy (non-hydrogen) atoms. The Kier molecular flexibility index (Phi) is 4.96. The number of likely N-dealkylation sites (N-methyl/N-ethyl adjacent to an activating group) is 1. The van der Waals surface area contributed by atoms with E-state index in [0.29, 0.717) is 6.04 Å². The predicted octanol–water partition coefficient (Wildman–Crippen LogP) is 2.64. The van der Waals surface area contributed by atoms with Crippen LogP contribution in [0.3, 0.4) is 0 Å². The maximum absolute atomic E-state index is 4.38. The second-order valence-corrected chi connectivity index (χ2v) is 5.56. The molecule has 2 aromatic heterocycles. The molecule has 1 unspecified atom stereocenters. The van der Waals surface area contributed by atoms with Gasteiger partial charge in [-0.2, -0.15) is 0 Å². The van der Waals surface area contributed by atoms with Crippen LogP contribution in [0.2, 0.25) is 0 Å². The monoisotopic (exact) mass is 263 g/mol. The van der Waals surface area contributed by atoms with E-state index >= 15 is 0 Å². The number of thiophene rings is 1. The van der Waals surface area contributed by atoms with E-state index < -0.39 is 0 Å². The minimum absolute atomic E-state index is 0.547. The van der Waals surface area contributed by atoms with Crippen molar-refractivity contribution in [1.29, 1.82) is 0 Å². The number of aromatic nitrogens is 2. The van der Waals surface area contributed by atoms with Crippen molar-refractivity contribution in [2.45, 2.75) is 32.2 Å². The van der Waals surface area contributed by atoms with Crippen molar-refractivity contribution in [2.75, 3.05) is 6.54 Å². The Morgan fingerprint density at radius 1 is 1.50 bits per heavy atom. The summed E-state index contributed by atoms with van der Waals surface area (Å²) in [5.41, 5.74) is 0. The van der Waals surface area contributed by atoms with Crippen LogP contribution >= 0.6 is 11.3 Å². The Morgan fingerprint density at radius 3 is 3.00 bits per heavy atom. The van der Waals surface area contributed by atoms with Gasteiger partial charge in [0.05, 0.1) is 0 Å². The summed E-state index contributed by atoms with van der Waals surface area (Å²) in [6, 6.07) is 4.89. The van der Waals surface area contributed by atoms with Gasteiger partial charge in [0, 0.05) is 36.8 Å². The molecule has 1 atom stereocenters. The fourth-order valence-corrected chi connectivity index (χ4v) is 2.96. The van der Waals surface area contributed by atoms with Gasteiger partial charge in [0.25, 0.3) is 0 Å². The summed E-state index contributed by atoms with van der Waals surface area (Å²) in [4.78, 5) is 5.84. The summed E-state index contributed by atoms with van der Waals surface area (Å²) in [5, 5.41) is 5.72. The Hall–Kier alpha value is -1.13.